The number of rotatable bonds is 15. The summed E-state index contributed by atoms with van der Waals surface area (Å²) in [5.41, 5.74) is 0.625. The molecule has 0 spiro atoms. The Kier molecular flexibility index (Phi) is 14.4. The lowest BCUT2D eigenvalue weighted by Crippen LogP contribution is -2.59. The van der Waals surface area contributed by atoms with E-state index in [4.69, 9.17) is 14.2 Å². The Balaban J connectivity index is 1.44. The van der Waals surface area contributed by atoms with Gasteiger partial charge in [-0.25, -0.2) is 22.9 Å². The first-order valence-corrected chi connectivity index (χ1v) is 19.3. The Morgan fingerprint density at radius 3 is 2.10 bits per heavy atom. The summed E-state index contributed by atoms with van der Waals surface area (Å²) in [6.07, 6.45) is 1.38. The molecule has 1 fully saturated rings. The molecule has 1 aliphatic heterocycles. The van der Waals surface area contributed by atoms with E-state index in [1.807, 2.05) is 0 Å². The van der Waals surface area contributed by atoms with Crippen LogP contribution in [-0.2, 0) is 25.5 Å². The molecule has 4 amide bonds. The molecule has 1 aromatic heterocycles. The second-order valence-electron chi connectivity index (χ2n) is 15.5. The average Bonchev–Trinajstić information content (AvgIpc) is 3.86. The van der Waals surface area contributed by atoms with Gasteiger partial charge >= 0.3 is 6.09 Å². The molecule has 316 valence electrons. The van der Waals surface area contributed by atoms with Crippen molar-refractivity contribution in [2.24, 2.45) is 0 Å². The molecular formula is C43H51F3N6O7. The standard InChI is InChI=1S/C43H51F3N6O7/c1-27(49(6)42(56)59-43(3,4)5)39(53)48-38(28(2)57-7)41(55)52-24-36(58-35-18-14-32(46)15-19-35)22-34(52)23-50(21-20-29-8-10-30(44)11-9-29)40(54)37-25-51(26-47-37)33-16-12-31(45)13-17-33/h8-19,25-28,34,36,38H,20-24H2,1-7H3,(H,48,53). The number of nitrogens with one attached hydrogen (secondary N) is 1. The molecule has 5 unspecified atom stereocenters. The Morgan fingerprint density at radius 2 is 1.51 bits per heavy atom. The predicted octanol–water partition coefficient (Wildman–Crippen LogP) is 5.80. The normalized spacial score (nSPS) is 16.8. The van der Waals surface area contributed by atoms with Crippen LogP contribution < -0.4 is 10.1 Å². The molecule has 0 bridgehead atoms. The minimum Gasteiger partial charge on any atom is -0.489 e. The van der Waals surface area contributed by atoms with E-state index in [1.54, 1.807) is 61.4 Å². The smallest absolute Gasteiger partial charge is 0.410 e. The number of methoxy groups -OCH3 is 1. The molecule has 1 aliphatic rings. The number of hydrogen-bond donors (Lipinski definition) is 1. The number of carbonyl (C=O) groups excluding carboxylic acids is 4. The Morgan fingerprint density at radius 1 is 0.915 bits per heavy atom. The van der Waals surface area contributed by atoms with Crippen LogP contribution in [0.5, 0.6) is 5.75 Å². The van der Waals surface area contributed by atoms with Crippen LogP contribution in [0, 0.1) is 17.5 Å². The average molecular weight is 821 g/mol. The summed E-state index contributed by atoms with van der Waals surface area (Å²) in [4.78, 5) is 64.1. The third kappa shape index (κ3) is 11.8. The highest BCUT2D eigenvalue weighted by atomic mass is 19.1. The minimum absolute atomic E-state index is 0.00172. The number of likely N-dealkylation sites (N-methyl/N-ethyl adjacent to an activating group) is 1. The number of benzene rings is 3. The SMILES string of the molecule is COC(C)C(NC(=O)C(C)N(C)C(=O)OC(C)(C)C)C(=O)N1CC(Oc2ccc(F)cc2)CC1CN(CCc1ccc(F)cc1)C(=O)c1cn(-c2ccc(F)cc2)cn1. The Bertz CT molecular complexity index is 2060. The van der Waals surface area contributed by atoms with E-state index in [2.05, 4.69) is 10.3 Å². The van der Waals surface area contributed by atoms with E-state index < -0.39 is 77.2 Å². The van der Waals surface area contributed by atoms with Crippen molar-refractivity contribution in [3.05, 3.63) is 114 Å². The number of likely N-dealkylation sites (tertiary alicyclic amines) is 1. The number of carbonyl (C=O) groups is 4. The van der Waals surface area contributed by atoms with Gasteiger partial charge in [0.05, 0.1) is 18.7 Å². The minimum atomic E-state index is -1.23. The summed E-state index contributed by atoms with van der Waals surface area (Å²) in [5, 5.41) is 2.77. The van der Waals surface area contributed by atoms with Gasteiger partial charge < -0.3 is 33.9 Å². The van der Waals surface area contributed by atoms with Crippen molar-refractivity contribution in [1.29, 1.82) is 0 Å². The fourth-order valence-corrected chi connectivity index (χ4v) is 6.54. The van der Waals surface area contributed by atoms with Gasteiger partial charge in [-0.15, -0.1) is 0 Å². The zero-order valence-electron chi connectivity index (χ0n) is 34.2. The van der Waals surface area contributed by atoms with E-state index in [0.717, 1.165) is 10.5 Å². The van der Waals surface area contributed by atoms with Crippen molar-refractivity contribution in [2.75, 3.05) is 33.8 Å². The van der Waals surface area contributed by atoms with Crippen molar-refractivity contribution in [3.63, 3.8) is 0 Å². The largest absolute Gasteiger partial charge is 0.489 e. The van der Waals surface area contributed by atoms with Crippen molar-refractivity contribution in [3.8, 4) is 11.4 Å². The summed E-state index contributed by atoms with van der Waals surface area (Å²) in [5.74, 6) is -2.53. The van der Waals surface area contributed by atoms with Gasteiger partial charge in [0.1, 0.15) is 59.0 Å². The summed E-state index contributed by atoms with van der Waals surface area (Å²) in [6.45, 7) is 8.43. The van der Waals surface area contributed by atoms with Gasteiger partial charge in [0.2, 0.25) is 11.8 Å². The molecular weight excluding hydrogens is 770 g/mol. The lowest BCUT2D eigenvalue weighted by Gasteiger charge is -2.35. The molecule has 0 saturated carbocycles. The van der Waals surface area contributed by atoms with Crippen LogP contribution >= 0.6 is 0 Å². The van der Waals surface area contributed by atoms with Crippen LogP contribution in [0.1, 0.15) is 57.1 Å². The third-order valence-electron chi connectivity index (χ3n) is 10.1. The summed E-state index contributed by atoms with van der Waals surface area (Å²) in [7, 11) is 2.82. The van der Waals surface area contributed by atoms with Crippen LogP contribution in [-0.4, -0.2) is 118 Å². The highest BCUT2D eigenvalue weighted by Crippen LogP contribution is 2.27. The number of imidazole rings is 1. The zero-order chi connectivity index (χ0) is 43.0. The van der Waals surface area contributed by atoms with Gasteiger partial charge in [0, 0.05) is 45.6 Å². The molecule has 4 aromatic rings. The highest BCUT2D eigenvalue weighted by Gasteiger charge is 2.43. The molecule has 59 heavy (non-hydrogen) atoms. The number of halogens is 3. The highest BCUT2D eigenvalue weighted by molar-refractivity contribution is 5.93. The van der Waals surface area contributed by atoms with Crippen LogP contribution in [0.2, 0.25) is 0 Å². The van der Waals surface area contributed by atoms with E-state index >= 15 is 0 Å². The van der Waals surface area contributed by atoms with Crippen LogP contribution in [0.25, 0.3) is 5.69 Å². The molecule has 1 saturated heterocycles. The lowest BCUT2D eigenvalue weighted by molar-refractivity contribution is -0.142. The number of hydrogen-bond acceptors (Lipinski definition) is 8. The molecule has 13 nitrogen and oxygen atoms in total. The van der Waals surface area contributed by atoms with Crippen molar-refractivity contribution in [1.82, 2.24) is 29.6 Å². The van der Waals surface area contributed by atoms with E-state index in [-0.39, 0.29) is 31.7 Å². The second-order valence-corrected chi connectivity index (χ2v) is 15.5. The van der Waals surface area contributed by atoms with Gasteiger partial charge in [-0.2, -0.15) is 0 Å². The molecule has 0 aliphatic carbocycles. The summed E-state index contributed by atoms with van der Waals surface area (Å²) >= 11 is 0. The first kappa shape index (κ1) is 44.2. The van der Waals surface area contributed by atoms with E-state index in [1.165, 1.54) is 87.0 Å². The maximum absolute atomic E-state index is 14.7. The van der Waals surface area contributed by atoms with Gasteiger partial charge in [0.15, 0.2) is 0 Å². The van der Waals surface area contributed by atoms with Crippen molar-refractivity contribution < 1.29 is 46.6 Å². The third-order valence-corrected chi connectivity index (χ3v) is 10.1. The number of ether oxygens (including phenoxy) is 3. The molecule has 5 atom stereocenters. The molecule has 0 radical (unpaired) electrons. The van der Waals surface area contributed by atoms with Crippen molar-refractivity contribution >= 4 is 23.8 Å². The topological polar surface area (TPSA) is 136 Å². The predicted molar refractivity (Wildman–Crippen MR) is 212 cm³/mol. The molecule has 16 heteroatoms. The Hall–Kier alpha value is -5.90. The Labute approximate surface area is 342 Å². The van der Waals surface area contributed by atoms with Gasteiger partial charge in [0.25, 0.3) is 5.91 Å². The monoisotopic (exact) mass is 820 g/mol. The van der Waals surface area contributed by atoms with Crippen LogP contribution in [0.15, 0.2) is 85.3 Å². The quantitative estimate of drug-likeness (QED) is 0.159. The maximum atomic E-state index is 14.7. The maximum Gasteiger partial charge on any atom is 0.410 e. The number of nitrogens with zero attached hydrogens (tertiary/aromatic N) is 5. The van der Waals surface area contributed by atoms with Crippen LogP contribution in [0.4, 0.5) is 18.0 Å². The summed E-state index contributed by atoms with van der Waals surface area (Å²) in [6, 6.07) is 14.1. The van der Waals surface area contributed by atoms with Crippen LogP contribution in [0.3, 0.4) is 0 Å². The van der Waals surface area contributed by atoms with E-state index in [9.17, 15) is 32.3 Å². The number of aromatic nitrogens is 2. The molecule has 2 heterocycles. The zero-order valence-corrected chi connectivity index (χ0v) is 34.2. The first-order chi connectivity index (χ1) is 27.9. The second kappa shape index (κ2) is 19.2. The van der Waals surface area contributed by atoms with Crippen molar-refractivity contribution in [2.45, 2.75) is 83.4 Å². The fourth-order valence-electron chi connectivity index (χ4n) is 6.54. The van der Waals surface area contributed by atoms with Gasteiger partial charge in [-0.05, 0) is 107 Å². The summed E-state index contributed by atoms with van der Waals surface area (Å²) < 4.78 is 60.0. The molecule has 1 N–H and O–H groups in total. The number of amides is 4. The van der Waals surface area contributed by atoms with Gasteiger partial charge in [-0.3, -0.25) is 19.3 Å². The lowest BCUT2D eigenvalue weighted by atomic mass is 10.1. The first-order valence-electron chi connectivity index (χ1n) is 19.3. The van der Waals surface area contributed by atoms with E-state index in [0.29, 0.717) is 17.9 Å². The fraction of sp³-hybridized carbons (Fsp3) is 0.419. The molecule has 5 rings (SSSR count). The molecule has 3 aromatic carbocycles. The van der Waals surface area contributed by atoms with Gasteiger partial charge in [-0.1, -0.05) is 12.1 Å².